The first kappa shape index (κ1) is 16.2. The number of phenols is 1. The second kappa shape index (κ2) is 5.74. The Labute approximate surface area is 141 Å². The second-order valence-electron chi connectivity index (χ2n) is 7.09. The van der Waals surface area contributed by atoms with Gasteiger partial charge in [-0.3, -0.25) is 4.40 Å². The van der Waals surface area contributed by atoms with Crippen LogP contribution in [0.1, 0.15) is 37.6 Å². The Hall–Kier alpha value is -2.69. The molecule has 124 valence electrons. The summed E-state index contributed by atoms with van der Waals surface area (Å²) in [6, 6.07) is 9.09. The average Bonchev–Trinajstić information content (AvgIpc) is 2.87. The molecule has 3 aromatic rings. The Morgan fingerprint density at radius 3 is 2.46 bits per heavy atom. The molecule has 0 aliphatic rings. The number of phenolic OH excluding ortho intramolecular Hbond substituents is 1. The molecular weight excluding hydrogens is 300 g/mol. The lowest BCUT2D eigenvalue weighted by molar-refractivity contribution is 0.475. The molecule has 5 nitrogen and oxygen atoms in total. The molecule has 0 bridgehead atoms. The van der Waals surface area contributed by atoms with E-state index in [0.29, 0.717) is 0 Å². The maximum absolute atomic E-state index is 9.53. The first-order valence-corrected chi connectivity index (χ1v) is 7.97. The van der Waals surface area contributed by atoms with E-state index in [1.807, 2.05) is 36.6 Å². The molecule has 0 radical (unpaired) electrons. The van der Waals surface area contributed by atoms with Crippen molar-refractivity contribution in [1.29, 1.82) is 0 Å². The lowest BCUT2D eigenvalue weighted by Gasteiger charge is -2.15. The quantitative estimate of drug-likeness (QED) is 0.645. The van der Waals surface area contributed by atoms with Crippen molar-refractivity contribution in [2.45, 2.75) is 40.0 Å². The van der Waals surface area contributed by atoms with Gasteiger partial charge in [0.25, 0.3) is 0 Å². The van der Waals surface area contributed by atoms with E-state index in [1.165, 1.54) is 0 Å². The van der Waals surface area contributed by atoms with Crippen molar-refractivity contribution in [3.05, 3.63) is 53.3 Å². The summed E-state index contributed by atoms with van der Waals surface area (Å²) in [5.74, 6) is 0.973. The van der Waals surface area contributed by atoms with E-state index in [-0.39, 0.29) is 11.2 Å². The number of aryl methyl sites for hydroxylation is 2. The number of rotatable bonds is 2. The first-order chi connectivity index (χ1) is 11.3. The highest BCUT2D eigenvalue weighted by Gasteiger charge is 2.24. The van der Waals surface area contributed by atoms with Gasteiger partial charge in [-0.1, -0.05) is 26.8 Å². The Kier molecular flexibility index (Phi) is 3.87. The zero-order valence-electron chi connectivity index (χ0n) is 14.7. The van der Waals surface area contributed by atoms with Crippen LogP contribution in [0.3, 0.4) is 0 Å². The van der Waals surface area contributed by atoms with Crippen LogP contribution in [-0.2, 0) is 5.41 Å². The van der Waals surface area contributed by atoms with Gasteiger partial charge in [0.15, 0.2) is 5.82 Å². The minimum absolute atomic E-state index is 0.142. The van der Waals surface area contributed by atoms with Crippen LogP contribution < -0.4 is 0 Å². The van der Waals surface area contributed by atoms with Crippen LogP contribution in [-0.4, -0.2) is 14.5 Å². The van der Waals surface area contributed by atoms with Gasteiger partial charge in [-0.05, 0) is 49.2 Å². The Morgan fingerprint density at radius 1 is 1.04 bits per heavy atom. The van der Waals surface area contributed by atoms with Crippen LogP contribution in [0.4, 0.5) is 11.5 Å². The summed E-state index contributed by atoms with van der Waals surface area (Å²) in [5.41, 5.74) is 4.38. The van der Waals surface area contributed by atoms with Gasteiger partial charge >= 0.3 is 0 Å². The van der Waals surface area contributed by atoms with E-state index >= 15 is 0 Å². The van der Waals surface area contributed by atoms with Crippen LogP contribution in [0.15, 0.2) is 46.8 Å². The molecule has 0 saturated carbocycles. The van der Waals surface area contributed by atoms with Crippen molar-refractivity contribution in [3.8, 4) is 5.75 Å². The lowest BCUT2D eigenvalue weighted by Crippen LogP contribution is -2.11. The van der Waals surface area contributed by atoms with Crippen LogP contribution in [0.5, 0.6) is 5.75 Å². The molecule has 0 aliphatic heterocycles. The Bertz CT molecular complexity index is 932. The summed E-state index contributed by atoms with van der Waals surface area (Å²) in [5, 5.41) is 18.4. The third kappa shape index (κ3) is 2.89. The number of aromatic hydroxyl groups is 1. The first-order valence-electron chi connectivity index (χ1n) is 7.97. The van der Waals surface area contributed by atoms with Gasteiger partial charge in [-0.2, -0.15) is 0 Å². The number of hydrogen-bond acceptors (Lipinski definition) is 4. The van der Waals surface area contributed by atoms with Crippen LogP contribution in [0.25, 0.3) is 5.65 Å². The third-order valence-corrected chi connectivity index (χ3v) is 3.96. The minimum Gasteiger partial charge on any atom is -0.508 e. The fourth-order valence-corrected chi connectivity index (χ4v) is 2.64. The summed E-state index contributed by atoms with van der Waals surface area (Å²) >= 11 is 0. The Morgan fingerprint density at radius 2 is 1.79 bits per heavy atom. The molecule has 0 aliphatic carbocycles. The predicted octanol–water partition coefficient (Wildman–Crippen LogP) is 5.37. The minimum atomic E-state index is -0.142. The SMILES string of the molecule is Cc1cc(O)ccc1N=Nc1c(C(C)(C)C)nc2c(C)cccn12. The number of azo groups is 1. The summed E-state index contributed by atoms with van der Waals surface area (Å²) < 4.78 is 1.98. The van der Waals surface area contributed by atoms with Crippen molar-refractivity contribution >= 4 is 17.2 Å². The molecule has 0 amide bonds. The molecule has 24 heavy (non-hydrogen) atoms. The van der Waals surface area contributed by atoms with Gasteiger partial charge in [0.2, 0.25) is 0 Å². The van der Waals surface area contributed by atoms with Crippen molar-refractivity contribution in [1.82, 2.24) is 9.38 Å². The fraction of sp³-hybridized carbons (Fsp3) is 0.316. The van der Waals surface area contributed by atoms with Gasteiger partial charge in [0.05, 0.1) is 11.4 Å². The lowest BCUT2D eigenvalue weighted by atomic mass is 9.92. The molecule has 2 aromatic heterocycles. The van der Waals surface area contributed by atoms with E-state index in [4.69, 9.17) is 4.98 Å². The van der Waals surface area contributed by atoms with Gasteiger partial charge in [-0.15, -0.1) is 10.2 Å². The molecule has 0 saturated heterocycles. The highest BCUT2D eigenvalue weighted by molar-refractivity contribution is 5.58. The smallest absolute Gasteiger partial charge is 0.183 e. The monoisotopic (exact) mass is 322 g/mol. The summed E-state index contributed by atoms with van der Waals surface area (Å²) in [6.45, 7) is 10.3. The number of hydrogen-bond donors (Lipinski definition) is 1. The maximum atomic E-state index is 9.53. The average molecular weight is 322 g/mol. The molecule has 0 fully saturated rings. The standard InChI is InChI=1S/C19H22N4O/c1-12-7-6-10-23-17(12)20-16(19(3,4)5)18(23)22-21-15-9-8-14(24)11-13(15)2/h6-11,24H,1-5H3. The van der Waals surface area contributed by atoms with E-state index in [9.17, 15) is 5.11 Å². The zero-order chi connectivity index (χ0) is 17.5. The number of imidazole rings is 1. The fourth-order valence-electron chi connectivity index (χ4n) is 2.64. The third-order valence-electron chi connectivity index (χ3n) is 3.96. The number of pyridine rings is 1. The molecule has 5 heteroatoms. The summed E-state index contributed by atoms with van der Waals surface area (Å²) in [4.78, 5) is 4.80. The molecule has 1 aromatic carbocycles. The number of aromatic nitrogens is 2. The van der Waals surface area contributed by atoms with Crippen molar-refractivity contribution in [3.63, 3.8) is 0 Å². The topological polar surface area (TPSA) is 62.2 Å². The van der Waals surface area contributed by atoms with Gasteiger partial charge in [0, 0.05) is 11.6 Å². The molecule has 2 heterocycles. The largest absolute Gasteiger partial charge is 0.508 e. The van der Waals surface area contributed by atoms with Crippen molar-refractivity contribution in [2.24, 2.45) is 10.2 Å². The predicted molar refractivity (Wildman–Crippen MR) is 95.6 cm³/mol. The molecular formula is C19H22N4O. The molecule has 3 rings (SSSR count). The Balaban J connectivity index is 2.17. The highest BCUT2D eigenvalue weighted by Crippen LogP contribution is 2.34. The van der Waals surface area contributed by atoms with Crippen LogP contribution in [0, 0.1) is 13.8 Å². The number of benzene rings is 1. The van der Waals surface area contributed by atoms with Crippen LogP contribution >= 0.6 is 0 Å². The number of nitrogens with zero attached hydrogens (tertiary/aromatic N) is 4. The molecule has 0 atom stereocenters. The van der Waals surface area contributed by atoms with Gasteiger partial charge in [-0.25, -0.2) is 4.98 Å². The highest BCUT2D eigenvalue weighted by atomic mass is 16.3. The van der Waals surface area contributed by atoms with E-state index in [2.05, 4.69) is 31.0 Å². The summed E-state index contributed by atoms with van der Waals surface area (Å²) in [6.07, 6.45) is 1.96. The van der Waals surface area contributed by atoms with E-state index in [1.54, 1.807) is 18.2 Å². The van der Waals surface area contributed by atoms with E-state index < -0.39 is 0 Å². The van der Waals surface area contributed by atoms with E-state index in [0.717, 1.165) is 34.0 Å². The molecule has 0 unspecified atom stereocenters. The summed E-state index contributed by atoms with van der Waals surface area (Å²) in [7, 11) is 0. The zero-order valence-corrected chi connectivity index (χ0v) is 14.7. The van der Waals surface area contributed by atoms with Crippen molar-refractivity contribution < 1.29 is 5.11 Å². The second-order valence-corrected chi connectivity index (χ2v) is 7.09. The number of fused-ring (bicyclic) bond motifs is 1. The van der Waals surface area contributed by atoms with Gasteiger partial charge < -0.3 is 5.11 Å². The van der Waals surface area contributed by atoms with Crippen LogP contribution in [0.2, 0.25) is 0 Å². The maximum Gasteiger partial charge on any atom is 0.183 e. The normalized spacial score (nSPS) is 12.4. The molecule has 1 N–H and O–H groups in total. The van der Waals surface area contributed by atoms with Crippen molar-refractivity contribution in [2.75, 3.05) is 0 Å². The van der Waals surface area contributed by atoms with Gasteiger partial charge in [0.1, 0.15) is 11.4 Å². The molecule has 0 spiro atoms.